The number of hydrogen-bond acceptors (Lipinski definition) is 2. The van der Waals surface area contributed by atoms with E-state index in [9.17, 15) is 9.59 Å². The number of amides is 2. The smallest absolute Gasteiger partial charge is 0.223 e. The predicted molar refractivity (Wildman–Crippen MR) is 89.3 cm³/mol. The third-order valence-corrected chi connectivity index (χ3v) is 4.18. The standard InChI is InChI=1S/C16H23BrN2O2/c1-4-13(5-2)16(21)18-10-11-19(12(3)20)15-9-7-6-8-14(15)17/h6-9,13H,4-5,10-11H2,1-3H3,(H,18,21). The van der Waals surface area contributed by atoms with Crippen LogP contribution >= 0.6 is 15.9 Å². The Morgan fingerprint density at radius 2 is 1.86 bits per heavy atom. The van der Waals surface area contributed by atoms with E-state index in [1.807, 2.05) is 38.1 Å². The Labute approximate surface area is 135 Å². The van der Waals surface area contributed by atoms with E-state index in [-0.39, 0.29) is 17.7 Å². The van der Waals surface area contributed by atoms with Crippen LogP contribution in [0.15, 0.2) is 28.7 Å². The number of para-hydroxylation sites is 1. The minimum atomic E-state index is -0.0429. The van der Waals surface area contributed by atoms with Crippen LogP contribution in [0.1, 0.15) is 33.6 Å². The van der Waals surface area contributed by atoms with Crippen molar-refractivity contribution in [3.8, 4) is 0 Å². The van der Waals surface area contributed by atoms with Crippen molar-refractivity contribution in [2.24, 2.45) is 5.92 Å². The molecule has 0 unspecified atom stereocenters. The molecule has 0 radical (unpaired) electrons. The van der Waals surface area contributed by atoms with Gasteiger partial charge in [-0.25, -0.2) is 0 Å². The highest BCUT2D eigenvalue weighted by Crippen LogP contribution is 2.25. The van der Waals surface area contributed by atoms with E-state index in [1.54, 1.807) is 4.90 Å². The van der Waals surface area contributed by atoms with Gasteiger partial charge in [-0.1, -0.05) is 26.0 Å². The highest BCUT2D eigenvalue weighted by Gasteiger charge is 2.16. The van der Waals surface area contributed by atoms with Crippen molar-refractivity contribution in [1.82, 2.24) is 5.32 Å². The summed E-state index contributed by atoms with van der Waals surface area (Å²) in [4.78, 5) is 25.4. The Hall–Kier alpha value is -1.36. The number of halogens is 1. The molecule has 0 atom stereocenters. The van der Waals surface area contributed by atoms with Crippen LogP contribution < -0.4 is 10.2 Å². The number of anilines is 1. The van der Waals surface area contributed by atoms with E-state index in [2.05, 4.69) is 21.2 Å². The number of benzene rings is 1. The van der Waals surface area contributed by atoms with Crippen molar-refractivity contribution >= 4 is 33.4 Å². The monoisotopic (exact) mass is 354 g/mol. The summed E-state index contributed by atoms with van der Waals surface area (Å²) < 4.78 is 0.867. The molecule has 0 spiro atoms. The molecule has 1 aromatic carbocycles. The molecule has 0 aliphatic rings. The Bertz CT molecular complexity index is 487. The second-order valence-electron chi connectivity index (χ2n) is 4.93. The molecular formula is C16H23BrN2O2. The number of nitrogens with one attached hydrogen (secondary N) is 1. The maximum Gasteiger partial charge on any atom is 0.223 e. The zero-order chi connectivity index (χ0) is 15.8. The number of carbonyl (C=O) groups excluding carboxylic acids is 2. The van der Waals surface area contributed by atoms with Crippen LogP contribution in [-0.4, -0.2) is 24.9 Å². The molecule has 0 saturated heterocycles. The van der Waals surface area contributed by atoms with E-state index in [0.717, 1.165) is 23.0 Å². The Kier molecular flexibility index (Phi) is 7.43. The molecule has 0 bridgehead atoms. The Morgan fingerprint density at radius 1 is 1.24 bits per heavy atom. The Morgan fingerprint density at radius 3 is 2.38 bits per heavy atom. The highest BCUT2D eigenvalue weighted by atomic mass is 79.9. The fraction of sp³-hybridized carbons (Fsp3) is 0.500. The summed E-state index contributed by atoms with van der Waals surface area (Å²) in [5.41, 5.74) is 0.821. The lowest BCUT2D eigenvalue weighted by molar-refractivity contribution is -0.125. The minimum absolute atomic E-state index is 0.0429. The highest BCUT2D eigenvalue weighted by molar-refractivity contribution is 9.10. The maximum absolute atomic E-state index is 11.9. The lowest BCUT2D eigenvalue weighted by Gasteiger charge is -2.23. The molecule has 21 heavy (non-hydrogen) atoms. The molecule has 4 nitrogen and oxygen atoms in total. The van der Waals surface area contributed by atoms with Crippen LogP contribution in [0, 0.1) is 5.92 Å². The number of nitrogens with zero attached hydrogens (tertiary/aromatic N) is 1. The molecule has 116 valence electrons. The molecule has 0 fully saturated rings. The second kappa shape index (κ2) is 8.82. The van der Waals surface area contributed by atoms with E-state index in [4.69, 9.17) is 0 Å². The summed E-state index contributed by atoms with van der Waals surface area (Å²) in [7, 11) is 0. The average Bonchev–Trinajstić information content (AvgIpc) is 2.45. The van der Waals surface area contributed by atoms with Crippen molar-refractivity contribution in [2.45, 2.75) is 33.6 Å². The summed E-state index contributed by atoms with van der Waals surface area (Å²) in [5.74, 6) is 0.0774. The van der Waals surface area contributed by atoms with Crippen molar-refractivity contribution < 1.29 is 9.59 Å². The third kappa shape index (κ3) is 5.16. The van der Waals surface area contributed by atoms with E-state index in [0.29, 0.717) is 13.1 Å². The van der Waals surface area contributed by atoms with Gasteiger partial charge in [0.15, 0.2) is 0 Å². The minimum Gasteiger partial charge on any atom is -0.354 e. The van der Waals surface area contributed by atoms with Crippen molar-refractivity contribution in [3.63, 3.8) is 0 Å². The molecule has 0 aromatic heterocycles. The number of carbonyl (C=O) groups is 2. The molecule has 0 aliphatic heterocycles. The third-order valence-electron chi connectivity index (χ3n) is 3.51. The molecule has 5 heteroatoms. The second-order valence-corrected chi connectivity index (χ2v) is 5.78. The van der Waals surface area contributed by atoms with Crippen LogP contribution in [0.25, 0.3) is 0 Å². The summed E-state index contributed by atoms with van der Waals surface area (Å²) in [6.07, 6.45) is 1.67. The Balaban J connectivity index is 2.64. The fourth-order valence-corrected chi connectivity index (χ4v) is 2.71. The van der Waals surface area contributed by atoms with Crippen molar-refractivity contribution in [1.29, 1.82) is 0 Å². The van der Waals surface area contributed by atoms with E-state index >= 15 is 0 Å². The van der Waals surface area contributed by atoms with Crippen molar-refractivity contribution in [3.05, 3.63) is 28.7 Å². The summed E-state index contributed by atoms with van der Waals surface area (Å²) in [6.45, 7) is 6.47. The summed E-state index contributed by atoms with van der Waals surface area (Å²) in [6, 6.07) is 7.57. The van der Waals surface area contributed by atoms with Crippen LogP contribution in [0.5, 0.6) is 0 Å². The van der Waals surface area contributed by atoms with Gasteiger partial charge in [0, 0.05) is 30.4 Å². The zero-order valence-corrected chi connectivity index (χ0v) is 14.4. The first kappa shape index (κ1) is 17.7. The van der Waals surface area contributed by atoms with Gasteiger partial charge in [-0.3, -0.25) is 9.59 Å². The fourth-order valence-electron chi connectivity index (χ4n) is 2.21. The maximum atomic E-state index is 11.9. The van der Waals surface area contributed by atoms with Crippen LogP contribution in [0.4, 0.5) is 5.69 Å². The molecular weight excluding hydrogens is 332 g/mol. The largest absolute Gasteiger partial charge is 0.354 e. The molecule has 1 N–H and O–H groups in total. The van der Waals surface area contributed by atoms with Crippen LogP contribution in [0.3, 0.4) is 0 Å². The molecule has 1 aromatic rings. The first-order chi connectivity index (χ1) is 10.0. The van der Waals surface area contributed by atoms with Gasteiger partial charge in [-0.05, 0) is 40.9 Å². The topological polar surface area (TPSA) is 49.4 Å². The van der Waals surface area contributed by atoms with Crippen LogP contribution in [-0.2, 0) is 9.59 Å². The van der Waals surface area contributed by atoms with Gasteiger partial charge >= 0.3 is 0 Å². The summed E-state index contributed by atoms with van der Waals surface area (Å²) >= 11 is 3.45. The average molecular weight is 355 g/mol. The molecule has 2 amide bonds. The first-order valence-electron chi connectivity index (χ1n) is 7.31. The SMILES string of the molecule is CCC(CC)C(=O)NCCN(C(C)=O)c1ccccc1Br. The molecule has 0 aliphatic carbocycles. The van der Waals surface area contributed by atoms with Gasteiger partial charge in [-0.15, -0.1) is 0 Å². The van der Waals surface area contributed by atoms with E-state index < -0.39 is 0 Å². The normalized spacial score (nSPS) is 10.5. The number of rotatable bonds is 7. The predicted octanol–water partition coefficient (Wildman–Crippen LogP) is 3.35. The molecule has 0 saturated carbocycles. The van der Waals surface area contributed by atoms with Gasteiger partial charge in [0.25, 0.3) is 0 Å². The lowest BCUT2D eigenvalue weighted by atomic mass is 10.0. The summed E-state index contributed by atoms with van der Waals surface area (Å²) in [5, 5.41) is 2.91. The zero-order valence-electron chi connectivity index (χ0n) is 12.9. The molecule has 0 heterocycles. The van der Waals surface area contributed by atoms with Gasteiger partial charge in [0.05, 0.1) is 5.69 Å². The number of hydrogen-bond donors (Lipinski definition) is 1. The van der Waals surface area contributed by atoms with Gasteiger partial charge < -0.3 is 10.2 Å². The van der Waals surface area contributed by atoms with Crippen molar-refractivity contribution in [2.75, 3.05) is 18.0 Å². The quantitative estimate of drug-likeness (QED) is 0.815. The lowest BCUT2D eigenvalue weighted by Crippen LogP contribution is -2.39. The molecule has 1 rings (SSSR count). The van der Waals surface area contributed by atoms with Crippen LogP contribution in [0.2, 0.25) is 0 Å². The van der Waals surface area contributed by atoms with Gasteiger partial charge in [0.2, 0.25) is 11.8 Å². The first-order valence-corrected chi connectivity index (χ1v) is 8.10. The van der Waals surface area contributed by atoms with Gasteiger partial charge in [0.1, 0.15) is 0 Å². The van der Waals surface area contributed by atoms with E-state index in [1.165, 1.54) is 6.92 Å². The van der Waals surface area contributed by atoms with Gasteiger partial charge in [-0.2, -0.15) is 0 Å².